The predicted molar refractivity (Wildman–Crippen MR) is 64.2 cm³/mol. The van der Waals surface area contributed by atoms with Crippen molar-refractivity contribution in [2.75, 3.05) is 0 Å². The first-order valence-electron chi connectivity index (χ1n) is 5.12. The van der Waals surface area contributed by atoms with Gasteiger partial charge in [0, 0.05) is 0 Å². The molecule has 2 rings (SSSR count). The van der Waals surface area contributed by atoms with E-state index in [-0.39, 0.29) is 10.6 Å². The molecule has 0 aliphatic rings. The maximum absolute atomic E-state index is 13.3. The minimum absolute atomic E-state index is 0.0939. The summed E-state index contributed by atoms with van der Waals surface area (Å²) in [6.07, 6.45) is 0. The van der Waals surface area contributed by atoms with Gasteiger partial charge in [0.05, 0.1) is 4.90 Å². The second-order valence-electron chi connectivity index (χ2n) is 3.67. The van der Waals surface area contributed by atoms with Gasteiger partial charge in [0.25, 0.3) is 0 Å². The molecule has 4 nitrogen and oxygen atoms in total. The maximum Gasteiger partial charge on any atom is 0.238 e. The first kappa shape index (κ1) is 13.4. The van der Waals surface area contributed by atoms with Gasteiger partial charge in [-0.25, -0.2) is 22.3 Å². The number of halogens is 2. The fourth-order valence-electron chi connectivity index (χ4n) is 1.40. The number of sulfonamides is 1. The highest BCUT2D eigenvalue weighted by Crippen LogP contribution is 2.27. The summed E-state index contributed by atoms with van der Waals surface area (Å²) in [6, 6.07) is 8.19. The first-order valence-corrected chi connectivity index (χ1v) is 6.67. The van der Waals surface area contributed by atoms with E-state index in [2.05, 4.69) is 0 Å². The Hall–Kier alpha value is -1.99. The van der Waals surface area contributed by atoms with Crippen LogP contribution in [0.4, 0.5) is 8.78 Å². The van der Waals surface area contributed by atoms with E-state index in [0.717, 1.165) is 12.1 Å². The lowest BCUT2D eigenvalue weighted by Crippen LogP contribution is -2.11. The average Bonchev–Trinajstić information content (AvgIpc) is 2.33. The number of ether oxygens (including phenoxy) is 1. The van der Waals surface area contributed by atoms with Gasteiger partial charge in [-0.2, -0.15) is 0 Å². The lowest BCUT2D eigenvalue weighted by Gasteiger charge is -2.08. The molecule has 0 spiro atoms. The smallest absolute Gasteiger partial charge is 0.238 e. The molecule has 2 aromatic carbocycles. The van der Waals surface area contributed by atoms with Crippen molar-refractivity contribution in [3.8, 4) is 11.5 Å². The number of hydrogen-bond donors (Lipinski definition) is 1. The van der Waals surface area contributed by atoms with E-state index in [1.54, 1.807) is 0 Å². The summed E-state index contributed by atoms with van der Waals surface area (Å²) in [5.74, 6) is -2.16. The van der Waals surface area contributed by atoms with Crippen molar-refractivity contribution < 1.29 is 21.9 Å². The van der Waals surface area contributed by atoms with Gasteiger partial charge in [-0.15, -0.1) is 0 Å². The summed E-state index contributed by atoms with van der Waals surface area (Å²) in [5, 5.41) is 4.92. The molecule has 0 heterocycles. The van der Waals surface area contributed by atoms with Gasteiger partial charge in [-0.05, 0) is 36.4 Å². The van der Waals surface area contributed by atoms with Crippen molar-refractivity contribution in [2.45, 2.75) is 4.90 Å². The van der Waals surface area contributed by atoms with Crippen LogP contribution in [0.5, 0.6) is 11.5 Å². The number of nitrogens with two attached hydrogens (primary N) is 1. The molecule has 0 unspecified atom stereocenters. The first-order chi connectivity index (χ1) is 8.88. The molecule has 0 fully saturated rings. The molecule has 2 N–H and O–H groups in total. The minimum atomic E-state index is -3.81. The largest absolute Gasteiger partial charge is 0.451 e. The molecule has 2 aromatic rings. The van der Waals surface area contributed by atoms with E-state index in [1.807, 2.05) is 0 Å². The van der Waals surface area contributed by atoms with Crippen LogP contribution in [-0.2, 0) is 10.0 Å². The Morgan fingerprint density at radius 1 is 0.947 bits per heavy atom. The Morgan fingerprint density at radius 3 is 1.95 bits per heavy atom. The topological polar surface area (TPSA) is 69.4 Å². The van der Waals surface area contributed by atoms with Crippen molar-refractivity contribution in [3.63, 3.8) is 0 Å². The van der Waals surface area contributed by atoms with Crippen molar-refractivity contribution in [3.05, 3.63) is 54.1 Å². The highest BCUT2D eigenvalue weighted by atomic mass is 32.2. The molecule has 0 amide bonds. The second-order valence-corrected chi connectivity index (χ2v) is 5.23. The quantitative estimate of drug-likeness (QED) is 0.941. The van der Waals surface area contributed by atoms with Crippen LogP contribution in [0.25, 0.3) is 0 Å². The molecule has 0 aromatic heterocycles. The van der Waals surface area contributed by atoms with Crippen molar-refractivity contribution >= 4 is 10.0 Å². The van der Waals surface area contributed by atoms with E-state index in [0.29, 0.717) is 0 Å². The van der Waals surface area contributed by atoms with Crippen LogP contribution in [0.2, 0.25) is 0 Å². The van der Waals surface area contributed by atoms with Crippen molar-refractivity contribution in [1.82, 2.24) is 0 Å². The molecule has 0 radical (unpaired) electrons. The van der Waals surface area contributed by atoms with E-state index in [1.165, 1.54) is 30.3 Å². The Bertz CT molecular complexity index is 679. The molecular formula is C12H9F2NO3S. The number of primary sulfonamides is 1. The maximum atomic E-state index is 13.3. The third kappa shape index (κ3) is 3.07. The summed E-state index contributed by atoms with van der Waals surface area (Å²) in [4.78, 5) is -0.117. The van der Waals surface area contributed by atoms with Gasteiger partial charge in [-0.1, -0.05) is 6.07 Å². The van der Waals surface area contributed by atoms with Crippen LogP contribution in [0.1, 0.15) is 0 Å². The summed E-state index contributed by atoms with van der Waals surface area (Å²) < 4.78 is 53.7. The van der Waals surface area contributed by atoms with E-state index in [4.69, 9.17) is 9.88 Å². The number of benzene rings is 2. The molecule has 100 valence electrons. The predicted octanol–water partition coefficient (Wildman–Crippen LogP) is 2.40. The van der Waals surface area contributed by atoms with Crippen LogP contribution < -0.4 is 9.88 Å². The lowest BCUT2D eigenvalue weighted by molar-refractivity contribution is 0.407. The van der Waals surface area contributed by atoms with Crippen LogP contribution in [0.15, 0.2) is 47.4 Å². The third-order valence-corrected chi connectivity index (χ3v) is 3.22. The molecule has 7 heteroatoms. The Labute approximate surface area is 108 Å². The van der Waals surface area contributed by atoms with Crippen LogP contribution >= 0.6 is 0 Å². The van der Waals surface area contributed by atoms with E-state index in [9.17, 15) is 17.2 Å². The zero-order chi connectivity index (χ0) is 14.0. The zero-order valence-electron chi connectivity index (χ0n) is 9.51. The molecule has 0 atom stereocenters. The van der Waals surface area contributed by atoms with E-state index < -0.39 is 27.4 Å². The fraction of sp³-hybridized carbons (Fsp3) is 0. The molecule has 0 saturated carbocycles. The lowest BCUT2D eigenvalue weighted by atomic mass is 10.3. The number of para-hydroxylation sites is 1. The SMILES string of the molecule is NS(=O)(=O)c1ccc(Oc2c(F)cccc2F)cc1. The van der Waals surface area contributed by atoms with Gasteiger partial charge >= 0.3 is 0 Å². The monoisotopic (exact) mass is 285 g/mol. The summed E-state index contributed by atoms with van der Waals surface area (Å²) in [7, 11) is -3.81. The van der Waals surface area contributed by atoms with Crippen LogP contribution in [-0.4, -0.2) is 8.42 Å². The zero-order valence-corrected chi connectivity index (χ0v) is 10.3. The van der Waals surface area contributed by atoms with Gasteiger partial charge in [0.1, 0.15) is 5.75 Å². The molecule has 0 bridgehead atoms. The van der Waals surface area contributed by atoms with Crippen molar-refractivity contribution in [1.29, 1.82) is 0 Å². The van der Waals surface area contributed by atoms with Crippen LogP contribution in [0, 0.1) is 11.6 Å². The highest BCUT2D eigenvalue weighted by Gasteiger charge is 2.12. The standard InChI is InChI=1S/C12H9F2NO3S/c13-10-2-1-3-11(14)12(10)18-8-4-6-9(7-5-8)19(15,16)17/h1-7H,(H2,15,16,17). The van der Waals surface area contributed by atoms with Gasteiger partial charge in [0.15, 0.2) is 17.4 Å². The summed E-state index contributed by atoms with van der Waals surface area (Å²) >= 11 is 0. The summed E-state index contributed by atoms with van der Waals surface area (Å²) in [5.41, 5.74) is 0. The Kier molecular flexibility index (Phi) is 3.50. The third-order valence-electron chi connectivity index (χ3n) is 2.29. The van der Waals surface area contributed by atoms with Crippen LogP contribution in [0.3, 0.4) is 0 Å². The number of hydrogen-bond acceptors (Lipinski definition) is 3. The second kappa shape index (κ2) is 4.94. The van der Waals surface area contributed by atoms with Gasteiger partial charge in [-0.3, -0.25) is 0 Å². The fourth-order valence-corrected chi connectivity index (χ4v) is 1.91. The Morgan fingerprint density at radius 2 is 1.47 bits per heavy atom. The Balaban J connectivity index is 2.30. The summed E-state index contributed by atoms with van der Waals surface area (Å²) in [6.45, 7) is 0. The van der Waals surface area contributed by atoms with Gasteiger partial charge < -0.3 is 4.74 Å². The molecule has 0 saturated heterocycles. The molecule has 19 heavy (non-hydrogen) atoms. The minimum Gasteiger partial charge on any atom is -0.451 e. The van der Waals surface area contributed by atoms with Crippen molar-refractivity contribution in [2.24, 2.45) is 5.14 Å². The molecule has 0 aliphatic heterocycles. The molecular weight excluding hydrogens is 276 g/mol. The molecule has 0 aliphatic carbocycles. The normalized spacial score (nSPS) is 11.3. The highest BCUT2D eigenvalue weighted by molar-refractivity contribution is 7.89. The number of rotatable bonds is 3. The average molecular weight is 285 g/mol. The van der Waals surface area contributed by atoms with Gasteiger partial charge in [0.2, 0.25) is 10.0 Å². The van der Waals surface area contributed by atoms with E-state index >= 15 is 0 Å².